The van der Waals surface area contributed by atoms with Crippen molar-refractivity contribution in [1.82, 2.24) is 5.32 Å². The van der Waals surface area contributed by atoms with Gasteiger partial charge < -0.3 is 27.0 Å². The number of hydrogen-bond donors (Lipinski definition) is 5. The lowest BCUT2D eigenvalue weighted by Crippen LogP contribution is -2.24. The summed E-state index contributed by atoms with van der Waals surface area (Å²) >= 11 is 0. The molecule has 0 unspecified atom stereocenters. The van der Waals surface area contributed by atoms with E-state index in [2.05, 4.69) is 5.32 Å². The standard InChI is InChI=1S/C12H24N2O3.C6H13NO2.6CH4/c13-9-5-1-2-6-10-14-11(15)7-3-4-8-12(16)17;7-5-3-1-2-4-6(8)9;;;;;;/h1-10,13H2,(H,14,15)(H,16,17);1-5,7H2,(H,8,9);6*1H4. The largest absolute Gasteiger partial charge is 0.481 e. The zero-order chi connectivity index (χ0) is 20.0. The predicted molar refractivity (Wildman–Crippen MR) is 142 cm³/mol. The predicted octanol–water partition coefficient (Wildman–Crippen LogP) is 5.67. The van der Waals surface area contributed by atoms with E-state index < -0.39 is 11.9 Å². The Hall–Kier alpha value is -1.67. The average molecular weight is 472 g/mol. The molecule has 0 aromatic rings. The van der Waals surface area contributed by atoms with Crippen molar-refractivity contribution in [3.63, 3.8) is 0 Å². The number of nitrogens with two attached hydrogens (primary N) is 2. The summed E-state index contributed by atoms with van der Waals surface area (Å²) in [6.07, 6.45) is 8.93. The van der Waals surface area contributed by atoms with Gasteiger partial charge >= 0.3 is 11.9 Å². The van der Waals surface area contributed by atoms with Crippen molar-refractivity contribution in [3.8, 4) is 0 Å². The van der Waals surface area contributed by atoms with Crippen molar-refractivity contribution in [2.24, 2.45) is 11.5 Å². The monoisotopic (exact) mass is 471 g/mol. The van der Waals surface area contributed by atoms with Gasteiger partial charge in [-0.2, -0.15) is 0 Å². The summed E-state index contributed by atoms with van der Waals surface area (Å²) in [6, 6.07) is 0. The topological polar surface area (TPSA) is 156 Å². The van der Waals surface area contributed by atoms with Gasteiger partial charge in [0.05, 0.1) is 0 Å². The van der Waals surface area contributed by atoms with Crippen molar-refractivity contribution >= 4 is 17.8 Å². The maximum Gasteiger partial charge on any atom is 0.303 e. The van der Waals surface area contributed by atoms with Gasteiger partial charge in [0.25, 0.3) is 0 Å². The molecule has 8 heteroatoms. The number of carboxylic acids is 2. The van der Waals surface area contributed by atoms with Crippen LogP contribution in [0.15, 0.2) is 0 Å². The molecule has 0 spiro atoms. The van der Waals surface area contributed by atoms with E-state index in [9.17, 15) is 14.4 Å². The van der Waals surface area contributed by atoms with E-state index in [1.807, 2.05) is 0 Å². The Morgan fingerprint density at radius 1 is 0.531 bits per heavy atom. The summed E-state index contributed by atoms with van der Waals surface area (Å²) in [5.41, 5.74) is 10.6. The summed E-state index contributed by atoms with van der Waals surface area (Å²) in [5.74, 6) is -1.49. The Labute approximate surface area is 200 Å². The summed E-state index contributed by atoms with van der Waals surface area (Å²) < 4.78 is 0. The highest BCUT2D eigenvalue weighted by atomic mass is 16.4. The Balaban J connectivity index is -0.0000000566. The quantitative estimate of drug-likeness (QED) is 0.181. The van der Waals surface area contributed by atoms with Gasteiger partial charge in [-0.25, -0.2) is 0 Å². The summed E-state index contributed by atoms with van der Waals surface area (Å²) in [6.45, 7) is 2.11. The third-order valence-corrected chi connectivity index (χ3v) is 3.59. The van der Waals surface area contributed by atoms with Gasteiger partial charge in [-0.05, 0) is 51.6 Å². The van der Waals surface area contributed by atoms with Gasteiger partial charge in [-0.3, -0.25) is 14.4 Å². The van der Waals surface area contributed by atoms with Crippen molar-refractivity contribution in [2.45, 2.75) is 122 Å². The number of unbranched alkanes of at least 4 members (excludes halogenated alkanes) is 6. The first-order valence-electron chi connectivity index (χ1n) is 9.54. The molecule has 0 aliphatic heterocycles. The van der Waals surface area contributed by atoms with Crippen LogP contribution >= 0.6 is 0 Å². The maximum atomic E-state index is 11.3. The van der Waals surface area contributed by atoms with Crippen LogP contribution in [-0.2, 0) is 14.4 Å². The van der Waals surface area contributed by atoms with Gasteiger partial charge in [0, 0.05) is 25.8 Å². The highest BCUT2D eigenvalue weighted by Crippen LogP contribution is 2.01. The molecule has 0 saturated heterocycles. The second-order valence-electron chi connectivity index (χ2n) is 6.15. The smallest absolute Gasteiger partial charge is 0.303 e. The molecule has 32 heavy (non-hydrogen) atoms. The van der Waals surface area contributed by atoms with Crippen LogP contribution in [0.5, 0.6) is 0 Å². The molecule has 0 atom stereocenters. The van der Waals surface area contributed by atoms with E-state index >= 15 is 0 Å². The molecule has 0 rings (SSSR count). The van der Waals surface area contributed by atoms with Gasteiger partial charge in [0.1, 0.15) is 0 Å². The second kappa shape index (κ2) is 43.2. The number of carbonyl (C=O) groups excluding carboxylic acids is 1. The lowest BCUT2D eigenvalue weighted by Gasteiger charge is -2.04. The zero-order valence-electron chi connectivity index (χ0n) is 15.9. The second-order valence-corrected chi connectivity index (χ2v) is 6.15. The molecule has 7 N–H and O–H groups in total. The molecule has 1 amide bonds. The first kappa shape index (κ1) is 52.3. The van der Waals surface area contributed by atoms with E-state index in [-0.39, 0.29) is 63.3 Å². The van der Waals surface area contributed by atoms with E-state index in [0.29, 0.717) is 32.4 Å². The van der Waals surface area contributed by atoms with Crippen LogP contribution in [0.25, 0.3) is 0 Å². The van der Waals surface area contributed by atoms with E-state index in [1.54, 1.807) is 0 Å². The first-order valence-corrected chi connectivity index (χ1v) is 9.54. The third-order valence-electron chi connectivity index (χ3n) is 3.59. The van der Waals surface area contributed by atoms with Crippen LogP contribution in [0.2, 0.25) is 0 Å². The molecule has 0 bridgehead atoms. The Morgan fingerprint density at radius 2 is 0.875 bits per heavy atom. The van der Waals surface area contributed by atoms with Gasteiger partial charge in [0.15, 0.2) is 0 Å². The van der Waals surface area contributed by atoms with Crippen molar-refractivity contribution in [2.75, 3.05) is 19.6 Å². The minimum absolute atomic E-state index is 0. The summed E-state index contributed by atoms with van der Waals surface area (Å²) in [5, 5.41) is 19.4. The minimum atomic E-state index is -0.801. The molecule has 0 saturated carbocycles. The minimum Gasteiger partial charge on any atom is -0.481 e. The van der Waals surface area contributed by atoms with E-state index in [0.717, 1.165) is 51.5 Å². The van der Waals surface area contributed by atoms with Crippen LogP contribution in [-0.4, -0.2) is 47.7 Å². The van der Waals surface area contributed by atoms with E-state index in [1.165, 1.54) is 0 Å². The number of rotatable bonds is 16. The van der Waals surface area contributed by atoms with Crippen LogP contribution in [0.3, 0.4) is 0 Å². The number of amides is 1. The number of nitrogens with one attached hydrogen (secondary N) is 1. The molecule has 0 aliphatic carbocycles. The lowest BCUT2D eigenvalue weighted by molar-refractivity contribution is -0.138. The number of carbonyl (C=O) groups is 3. The average Bonchev–Trinajstić information content (AvgIpc) is 2.59. The van der Waals surface area contributed by atoms with Crippen molar-refractivity contribution in [3.05, 3.63) is 0 Å². The van der Waals surface area contributed by atoms with Crippen molar-refractivity contribution in [1.29, 1.82) is 0 Å². The molecular weight excluding hydrogens is 410 g/mol. The molecule has 0 aliphatic rings. The zero-order valence-corrected chi connectivity index (χ0v) is 15.9. The Bertz CT molecular complexity index is 368. The SMILES string of the molecule is C.C.C.C.C.C.NCCCCCC(=O)O.NCCCCCCNC(=O)CCCCC(=O)O. The Morgan fingerprint density at radius 3 is 1.28 bits per heavy atom. The van der Waals surface area contributed by atoms with Gasteiger partial charge in [-0.1, -0.05) is 63.8 Å². The third kappa shape index (κ3) is 56.6. The fraction of sp³-hybridized carbons (Fsp3) is 0.875. The molecule has 0 heterocycles. The molecule has 0 radical (unpaired) electrons. The molecule has 0 aromatic carbocycles. The van der Waals surface area contributed by atoms with Crippen LogP contribution in [0.4, 0.5) is 0 Å². The fourth-order valence-corrected chi connectivity index (χ4v) is 2.10. The van der Waals surface area contributed by atoms with Gasteiger partial charge in [-0.15, -0.1) is 0 Å². The first-order chi connectivity index (χ1) is 12.4. The van der Waals surface area contributed by atoms with Crippen LogP contribution < -0.4 is 16.8 Å². The number of carboxylic acid groups (broad SMARTS) is 2. The lowest BCUT2D eigenvalue weighted by atomic mass is 10.1. The summed E-state index contributed by atoms with van der Waals surface area (Å²) in [4.78, 5) is 31.5. The molecular formula is C24H61N3O5. The highest BCUT2D eigenvalue weighted by Gasteiger charge is 2.02. The molecule has 0 fully saturated rings. The van der Waals surface area contributed by atoms with Crippen LogP contribution in [0.1, 0.15) is 122 Å². The molecule has 202 valence electrons. The van der Waals surface area contributed by atoms with Gasteiger partial charge in [0.2, 0.25) is 5.91 Å². The highest BCUT2D eigenvalue weighted by molar-refractivity contribution is 5.75. The van der Waals surface area contributed by atoms with Crippen LogP contribution in [0, 0.1) is 0 Å². The maximum absolute atomic E-state index is 11.3. The van der Waals surface area contributed by atoms with Crippen molar-refractivity contribution < 1.29 is 24.6 Å². The fourth-order valence-electron chi connectivity index (χ4n) is 2.10. The normalized spacial score (nSPS) is 8.06. The molecule has 0 aromatic heterocycles. The number of hydrogen-bond acceptors (Lipinski definition) is 5. The Kier molecular flexibility index (Phi) is 70.7. The molecule has 8 nitrogen and oxygen atoms in total. The van der Waals surface area contributed by atoms with E-state index in [4.69, 9.17) is 21.7 Å². The number of aliphatic carboxylic acids is 2. The summed E-state index contributed by atoms with van der Waals surface area (Å²) in [7, 11) is 0.